The second-order valence-corrected chi connectivity index (χ2v) is 10.2. The summed E-state index contributed by atoms with van der Waals surface area (Å²) in [5.74, 6) is 3.98. The Kier molecular flexibility index (Phi) is 10.6. The Hall–Kier alpha value is -4.06. The average Bonchev–Trinajstić information content (AvgIpc) is 3.53. The Morgan fingerprint density at radius 1 is 0.634 bits per heavy atom. The lowest BCUT2D eigenvalue weighted by Crippen LogP contribution is -2.12. The molecule has 218 valence electrons. The van der Waals surface area contributed by atoms with Gasteiger partial charge in [0.2, 0.25) is 11.5 Å². The summed E-state index contributed by atoms with van der Waals surface area (Å²) in [6, 6.07) is 16.2. The molecule has 1 atom stereocenters. The molecule has 1 aliphatic rings. The zero-order valence-corrected chi connectivity index (χ0v) is 25.1. The monoisotopic (exact) mass is 558 g/mol. The van der Waals surface area contributed by atoms with E-state index in [1.54, 1.807) is 28.4 Å². The number of hydrogen-bond donors (Lipinski definition) is 0. The van der Waals surface area contributed by atoms with Gasteiger partial charge in [-0.05, 0) is 85.5 Å². The minimum Gasteiger partial charge on any atom is -0.493 e. The Morgan fingerprint density at radius 3 is 1.41 bits per heavy atom. The number of methoxy groups -OCH3 is 4. The highest BCUT2D eigenvalue weighted by Crippen LogP contribution is 2.42. The Morgan fingerprint density at radius 2 is 1.02 bits per heavy atom. The van der Waals surface area contributed by atoms with Crippen LogP contribution in [0.4, 0.5) is 0 Å². The first-order valence-electron chi connectivity index (χ1n) is 14.3. The van der Waals surface area contributed by atoms with Crippen LogP contribution in [0.2, 0.25) is 0 Å². The van der Waals surface area contributed by atoms with Crippen LogP contribution in [-0.4, -0.2) is 40.6 Å². The smallest absolute Gasteiger partial charge is 0.203 e. The lowest BCUT2D eigenvalue weighted by atomic mass is 10.1. The van der Waals surface area contributed by atoms with Crippen LogP contribution in [-0.2, 0) is 0 Å². The molecule has 0 heterocycles. The quantitative estimate of drug-likeness (QED) is 0.196. The van der Waals surface area contributed by atoms with E-state index in [4.69, 9.17) is 28.4 Å². The van der Waals surface area contributed by atoms with Crippen LogP contribution >= 0.6 is 0 Å². The first-order chi connectivity index (χ1) is 20.0. The van der Waals surface area contributed by atoms with Gasteiger partial charge < -0.3 is 28.4 Å². The van der Waals surface area contributed by atoms with Crippen LogP contribution in [0.3, 0.4) is 0 Å². The van der Waals surface area contributed by atoms with Crippen LogP contribution in [0.1, 0.15) is 68.2 Å². The highest BCUT2D eigenvalue weighted by atomic mass is 16.5. The molecule has 1 unspecified atom stereocenters. The molecule has 3 aromatic rings. The summed E-state index contributed by atoms with van der Waals surface area (Å²) in [4.78, 5) is 0. The fourth-order valence-corrected chi connectivity index (χ4v) is 4.79. The Labute approximate surface area is 244 Å². The van der Waals surface area contributed by atoms with Crippen LogP contribution in [0.15, 0.2) is 48.5 Å². The molecule has 1 aliphatic carbocycles. The molecule has 0 saturated heterocycles. The second-order valence-electron chi connectivity index (χ2n) is 10.2. The summed E-state index contributed by atoms with van der Waals surface area (Å²) in [5.41, 5.74) is 4.10. The standard InChI is InChI=1S/C35H42O6/c1-7-24(2)40-34-30(36-3)20-27(21-31(34)37-4)18-16-25-12-14-26(15-13-25)17-19-28-22-32(38-5)35(33(23-28)39-6)41-29-10-8-9-11-29/h12-24,29H,7-11H2,1-6H3/b18-16+,19-17+. The van der Waals surface area contributed by atoms with E-state index in [2.05, 4.69) is 49.4 Å². The van der Waals surface area contributed by atoms with Crippen molar-refractivity contribution < 1.29 is 28.4 Å². The largest absolute Gasteiger partial charge is 0.493 e. The van der Waals surface area contributed by atoms with Crippen molar-refractivity contribution in [2.75, 3.05) is 28.4 Å². The van der Waals surface area contributed by atoms with Crippen molar-refractivity contribution in [3.05, 3.63) is 70.8 Å². The molecule has 6 nitrogen and oxygen atoms in total. The predicted octanol–water partition coefficient (Wildman–Crippen LogP) is 8.56. The molecule has 0 bridgehead atoms. The van der Waals surface area contributed by atoms with Crippen LogP contribution < -0.4 is 28.4 Å². The van der Waals surface area contributed by atoms with Crippen molar-refractivity contribution in [3.63, 3.8) is 0 Å². The molecule has 41 heavy (non-hydrogen) atoms. The fourth-order valence-electron chi connectivity index (χ4n) is 4.79. The van der Waals surface area contributed by atoms with Crippen molar-refractivity contribution in [2.45, 2.75) is 58.2 Å². The van der Waals surface area contributed by atoms with E-state index >= 15 is 0 Å². The minimum atomic E-state index is 0.0609. The van der Waals surface area contributed by atoms with Gasteiger partial charge in [-0.25, -0.2) is 0 Å². The summed E-state index contributed by atoms with van der Waals surface area (Å²) < 4.78 is 34.8. The van der Waals surface area contributed by atoms with E-state index in [-0.39, 0.29) is 12.2 Å². The van der Waals surface area contributed by atoms with Crippen LogP contribution in [0.5, 0.6) is 34.5 Å². The number of benzene rings is 3. The number of ether oxygens (including phenoxy) is 6. The van der Waals surface area contributed by atoms with E-state index in [9.17, 15) is 0 Å². The van der Waals surface area contributed by atoms with Crippen molar-refractivity contribution in [1.29, 1.82) is 0 Å². The van der Waals surface area contributed by atoms with E-state index in [1.165, 1.54) is 12.8 Å². The maximum atomic E-state index is 6.26. The van der Waals surface area contributed by atoms with Gasteiger partial charge in [0, 0.05) is 0 Å². The van der Waals surface area contributed by atoms with Gasteiger partial charge in [0.15, 0.2) is 23.0 Å². The van der Waals surface area contributed by atoms with Crippen LogP contribution in [0.25, 0.3) is 24.3 Å². The molecule has 3 aromatic carbocycles. The van der Waals surface area contributed by atoms with Gasteiger partial charge in [-0.3, -0.25) is 0 Å². The second kappa shape index (κ2) is 14.5. The van der Waals surface area contributed by atoms with Crippen molar-refractivity contribution in [3.8, 4) is 34.5 Å². The first-order valence-corrected chi connectivity index (χ1v) is 14.3. The van der Waals surface area contributed by atoms with E-state index in [0.29, 0.717) is 34.5 Å². The third-order valence-electron chi connectivity index (χ3n) is 7.32. The van der Waals surface area contributed by atoms with E-state index in [0.717, 1.165) is 41.5 Å². The van der Waals surface area contributed by atoms with Gasteiger partial charge in [0.05, 0.1) is 40.6 Å². The molecule has 6 heteroatoms. The van der Waals surface area contributed by atoms with Crippen molar-refractivity contribution >= 4 is 24.3 Å². The molecule has 1 saturated carbocycles. The molecule has 0 aliphatic heterocycles. The van der Waals surface area contributed by atoms with Gasteiger partial charge in [-0.1, -0.05) is 55.5 Å². The average molecular weight is 559 g/mol. The normalized spacial score (nSPS) is 14.4. The highest BCUT2D eigenvalue weighted by Gasteiger charge is 2.22. The molecule has 0 radical (unpaired) electrons. The van der Waals surface area contributed by atoms with Gasteiger partial charge >= 0.3 is 0 Å². The fraction of sp³-hybridized carbons (Fsp3) is 0.371. The lowest BCUT2D eigenvalue weighted by molar-refractivity contribution is 0.191. The Bertz CT molecular complexity index is 1290. The summed E-state index contributed by atoms with van der Waals surface area (Å²) in [7, 11) is 6.61. The molecule has 4 rings (SSSR count). The zero-order chi connectivity index (χ0) is 29.2. The third-order valence-corrected chi connectivity index (χ3v) is 7.32. The van der Waals surface area contributed by atoms with Gasteiger partial charge in [0.1, 0.15) is 0 Å². The highest BCUT2D eigenvalue weighted by molar-refractivity contribution is 5.75. The predicted molar refractivity (Wildman–Crippen MR) is 167 cm³/mol. The Balaban J connectivity index is 1.47. The molecule has 0 N–H and O–H groups in total. The number of rotatable bonds is 13. The summed E-state index contributed by atoms with van der Waals surface area (Å²) >= 11 is 0. The summed E-state index contributed by atoms with van der Waals surface area (Å²) in [6.07, 6.45) is 14.0. The van der Waals surface area contributed by atoms with E-state index < -0.39 is 0 Å². The van der Waals surface area contributed by atoms with E-state index in [1.807, 2.05) is 37.3 Å². The maximum absolute atomic E-state index is 6.26. The molecular weight excluding hydrogens is 516 g/mol. The minimum absolute atomic E-state index is 0.0609. The van der Waals surface area contributed by atoms with Gasteiger partial charge in [-0.15, -0.1) is 0 Å². The maximum Gasteiger partial charge on any atom is 0.203 e. The van der Waals surface area contributed by atoms with Gasteiger partial charge in [-0.2, -0.15) is 0 Å². The van der Waals surface area contributed by atoms with Crippen molar-refractivity contribution in [2.24, 2.45) is 0 Å². The summed E-state index contributed by atoms with van der Waals surface area (Å²) in [6.45, 7) is 4.11. The topological polar surface area (TPSA) is 55.4 Å². The van der Waals surface area contributed by atoms with Crippen molar-refractivity contribution in [1.82, 2.24) is 0 Å². The molecule has 0 amide bonds. The zero-order valence-electron chi connectivity index (χ0n) is 25.1. The molecule has 1 fully saturated rings. The van der Waals surface area contributed by atoms with Gasteiger partial charge in [0.25, 0.3) is 0 Å². The summed E-state index contributed by atoms with van der Waals surface area (Å²) in [5, 5.41) is 0. The third kappa shape index (κ3) is 7.78. The lowest BCUT2D eigenvalue weighted by Gasteiger charge is -2.19. The number of hydrogen-bond acceptors (Lipinski definition) is 6. The molecule has 0 spiro atoms. The van der Waals surface area contributed by atoms with Crippen LogP contribution in [0, 0.1) is 0 Å². The molecule has 0 aromatic heterocycles. The molecular formula is C35H42O6. The first kappa shape index (κ1) is 29.9. The SMILES string of the molecule is CCC(C)Oc1c(OC)cc(/C=C/c2ccc(/C=C/c3cc(OC)c(OC4CCCC4)c(OC)c3)cc2)cc1OC.